The van der Waals surface area contributed by atoms with Gasteiger partial charge in [0.05, 0.1) is 0 Å². The highest BCUT2D eigenvalue weighted by molar-refractivity contribution is 5.93. The summed E-state index contributed by atoms with van der Waals surface area (Å²) < 4.78 is 40.4. The summed E-state index contributed by atoms with van der Waals surface area (Å²) in [5.74, 6) is -1.71. The molecule has 11 heteroatoms. The Hall–Kier alpha value is -4.41. The van der Waals surface area contributed by atoms with Crippen LogP contribution in [-0.2, 0) is 11.0 Å². The van der Waals surface area contributed by atoms with Gasteiger partial charge in [-0.2, -0.15) is 13.2 Å². The maximum atomic E-state index is 13.5. The number of fused-ring (bicyclic) bond motifs is 1. The lowest BCUT2D eigenvalue weighted by atomic mass is 9.88. The van der Waals surface area contributed by atoms with Crippen LogP contribution in [0.2, 0.25) is 0 Å². The van der Waals surface area contributed by atoms with Gasteiger partial charge >= 0.3 is 12.1 Å². The predicted molar refractivity (Wildman–Crippen MR) is 157 cm³/mol. The van der Waals surface area contributed by atoms with E-state index in [2.05, 4.69) is 15.6 Å². The fourth-order valence-electron chi connectivity index (χ4n) is 5.94. The molecule has 4 atom stereocenters. The number of carbonyl (C=O) groups is 1. The van der Waals surface area contributed by atoms with E-state index in [1.54, 1.807) is 48.5 Å². The third-order valence-corrected chi connectivity index (χ3v) is 8.14. The Kier molecular flexibility index (Phi) is 7.70. The first-order chi connectivity index (χ1) is 19.9. The number of alkyl halides is 3. The minimum Gasteiger partial charge on any atom is -0.480 e. The summed E-state index contributed by atoms with van der Waals surface area (Å²) >= 11 is 0. The molecule has 4 unspecified atom stereocenters. The Morgan fingerprint density at radius 3 is 2.29 bits per heavy atom. The fraction of sp³-hybridized carbons (Fsp3) is 0.355. The monoisotopic (exact) mass is 580 g/mol. The molecule has 0 saturated carbocycles. The van der Waals surface area contributed by atoms with Gasteiger partial charge < -0.3 is 20.6 Å². The predicted octanol–water partition coefficient (Wildman–Crippen LogP) is 6.03. The number of aromatic nitrogens is 1. The fourth-order valence-corrected chi connectivity index (χ4v) is 5.94. The van der Waals surface area contributed by atoms with Crippen molar-refractivity contribution in [2.75, 3.05) is 15.5 Å². The zero-order valence-electron chi connectivity index (χ0n) is 23.3. The summed E-state index contributed by atoms with van der Waals surface area (Å²) in [5.41, 5.74) is -0.956. The Morgan fingerprint density at radius 1 is 1.05 bits per heavy atom. The average molecular weight is 581 g/mol. The highest BCUT2D eigenvalue weighted by Gasteiger charge is 2.38. The third kappa shape index (κ3) is 5.31. The Balaban J connectivity index is 1.41. The Labute approximate surface area is 239 Å². The van der Waals surface area contributed by atoms with Gasteiger partial charge in [0.2, 0.25) is 0 Å². The third-order valence-electron chi connectivity index (χ3n) is 8.14. The van der Waals surface area contributed by atoms with E-state index in [-0.39, 0.29) is 29.3 Å². The molecule has 220 valence electrons. The molecule has 1 aliphatic rings. The van der Waals surface area contributed by atoms with Crippen molar-refractivity contribution < 1.29 is 23.1 Å². The number of hydrogen-bond donors (Lipinski definition) is 3. The molecule has 0 bridgehead atoms. The summed E-state index contributed by atoms with van der Waals surface area (Å²) in [6.45, 7) is 5.77. The van der Waals surface area contributed by atoms with Crippen molar-refractivity contribution in [3.05, 3.63) is 86.3 Å². The van der Waals surface area contributed by atoms with Gasteiger partial charge in [0.25, 0.3) is 10.9 Å². The van der Waals surface area contributed by atoms with Crippen LogP contribution in [0.25, 0.3) is 10.8 Å². The topological polar surface area (TPSA) is 112 Å². The number of hydrogen-bond acceptors (Lipinski definition) is 7. The van der Waals surface area contributed by atoms with Gasteiger partial charge in [-0.3, -0.25) is 9.59 Å². The van der Waals surface area contributed by atoms with Crippen LogP contribution in [0.5, 0.6) is 0 Å². The second-order valence-corrected chi connectivity index (χ2v) is 10.9. The largest absolute Gasteiger partial charge is 0.480 e. The second-order valence-electron chi connectivity index (χ2n) is 10.9. The van der Waals surface area contributed by atoms with E-state index in [1.165, 1.54) is 0 Å². The lowest BCUT2D eigenvalue weighted by molar-refractivity contribution is -0.141. The molecular formula is C31H31F3N4O4. The van der Waals surface area contributed by atoms with E-state index in [4.69, 9.17) is 0 Å². The number of benzene rings is 2. The van der Waals surface area contributed by atoms with Gasteiger partial charge in [0, 0.05) is 29.1 Å². The molecule has 2 heterocycles. The van der Waals surface area contributed by atoms with E-state index >= 15 is 0 Å². The van der Waals surface area contributed by atoms with Gasteiger partial charge in [-0.25, -0.2) is 9.78 Å². The molecule has 8 nitrogen and oxygen atoms in total. The van der Waals surface area contributed by atoms with Crippen LogP contribution in [0.4, 0.5) is 36.1 Å². The Bertz CT molecular complexity index is 1690. The second kappa shape index (κ2) is 11.1. The molecule has 1 aromatic heterocycles. The van der Waals surface area contributed by atoms with Crippen molar-refractivity contribution >= 4 is 39.6 Å². The molecule has 3 aromatic carbocycles. The van der Waals surface area contributed by atoms with Crippen molar-refractivity contribution in [1.82, 2.24) is 4.98 Å². The Morgan fingerprint density at radius 2 is 1.69 bits per heavy atom. The van der Waals surface area contributed by atoms with Gasteiger partial charge in [0.15, 0.2) is 0 Å². The first kappa shape index (κ1) is 29.1. The van der Waals surface area contributed by atoms with Crippen LogP contribution in [0, 0.1) is 0 Å². The number of rotatable bonds is 9. The van der Waals surface area contributed by atoms with Crippen LogP contribution in [0.15, 0.2) is 64.2 Å². The van der Waals surface area contributed by atoms with E-state index in [0.29, 0.717) is 28.4 Å². The zero-order valence-corrected chi connectivity index (χ0v) is 23.3. The average Bonchev–Trinajstić information content (AvgIpc) is 3.28. The molecule has 42 heavy (non-hydrogen) atoms. The summed E-state index contributed by atoms with van der Waals surface area (Å²) in [6, 6.07) is 13.2. The van der Waals surface area contributed by atoms with Gasteiger partial charge in [-0.05, 0) is 62.3 Å². The molecule has 0 aliphatic carbocycles. The highest BCUT2D eigenvalue weighted by Crippen LogP contribution is 2.36. The molecule has 5 rings (SSSR count). The maximum absolute atomic E-state index is 13.5. The molecule has 3 N–H and O–H groups in total. The SMILES string of the molecule is CCC(c1ccc(Nc2nc(C(F)(F)F)cc3ccccc23)cc1)C(Nc1c(N2C(C)CCC2C)c(=O)c1=O)C(=O)O. The van der Waals surface area contributed by atoms with Gasteiger partial charge in [-0.15, -0.1) is 0 Å². The standard InChI is InChI=1S/C31H31F3N4O4/c1-4-21(24(30(41)42)37-25-26(28(40)27(25)39)38-16(2)9-10-17(38)3)18-11-13-20(14-12-18)35-29-22-8-6-5-7-19(22)15-23(36-29)31(32,33)34/h5-8,11-17,21,24,37H,4,9-10H2,1-3H3,(H,35,36)(H,41,42). The quantitative estimate of drug-likeness (QED) is 0.206. The number of carboxylic acids is 1. The minimum absolute atomic E-state index is 0.0345. The number of halogens is 3. The van der Waals surface area contributed by atoms with E-state index in [0.717, 1.165) is 18.9 Å². The number of nitrogens with one attached hydrogen (secondary N) is 2. The molecule has 1 aliphatic heterocycles. The van der Waals surface area contributed by atoms with Gasteiger partial charge in [-0.1, -0.05) is 43.3 Å². The van der Waals surface area contributed by atoms with Crippen molar-refractivity contribution in [2.24, 2.45) is 0 Å². The summed E-state index contributed by atoms with van der Waals surface area (Å²) in [4.78, 5) is 43.3. The normalized spacial score (nSPS) is 18.8. The molecule has 1 saturated heterocycles. The highest BCUT2D eigenvalue weighted by atomic mass is 19.4. The molecule has 0 spiro atoms. The number of nitrogens with zero attached hydrogens (tertiary/aromatic N) is 2. The summed E-state index contributed by atoms with van der Waals surface area (Å²) in [7, 11) is 0. The maximum Gasteiger partial charge on any atom is 0.433 e. The number of aliphatic carboxylic acids is 1. The van der Waals surface area contributed by atoms with Crippen LogP contribution >= 0.6 is 0 Å². The lowest BCUT2D eigenvalue weighted by Crippen LogP contribution is -2.48. The summed E-state index contributed by atoms with van der Waals surface area (Å²) in [5, 5.41) is 16.9. The van der Waals surface area contributed by atoms with E-state index < -0.39 is 40.7 Å². The van der Waals surface area contributed by atoms with Gasteiger partial charge in [0.1, 0.15) is 28.9 Å². The number of carboxylic acid groups (broad SMARTS) is 1. The van der Waals surface area contributed by atoms with Crippen molar-refractivity contribution in [2.45, 2.75) is 70.3 Å². The first-order valence-electron chi connectivity index (χ1n) is 13.9. The number of pyridine rings is 1. The van der Waals surface area contributed by atoms with Crippen LogP contribution in [0.3, 0.4) is 0 Å². The molecule has 4 aromatic rings. The zero-order chi connectivity index (χ0) is 30.3. The first-order valence-corrected chi connectivity index (χ1v) is 13.9. The lowest BCUT2D eigenvalue weighted by Gasteiger charge is -2.33. The van der Waals surface area contributed by atoms with E-state index in [9.17, 15) is 32.7 Å². The van der Waals surface area contributed by atoms with Crippen LogP contribution in [-0.4, -0.2) is 34.2 Å². The molecule has 0 amide bonds. The van der Waals surface area contributed by atoms with Crippen molar-refractivity contribution in [3.8, 4) is 0 Å². The molecular weight excluding hydrogens is 549 g/mol. The van der Waals surface area contributed by atoms with Crippen molar-refractivity contribution in [3.63, 3.8) is 0 Å². The smallest absolute Gasteiger partial charge is 0.433 e. The van der Waals surface area contributed by atoms with Crippen LogP contribution in [0.1, 0.15) is 57.2 Å². The molecule has 0 radical (unpaired) electrons. The number of anilines is 4. The van der Waals surface area contributed by atoms with Crippen LogP contribution < -0.4 is 26.4 Å². The van der Waals surface area contributed by atoms with Crippen molar-refractivity contribution in [1.29, 1.82) is 0 Å². The minimum atomic E-state index is -4.62. The summed E-state index contributed by atoms with van der Waals surface area (Å²) in [6.07, 6.45) is -2.49. The molecule has 1 fully saturated rings. The van der Waals surface area contributed by atoms with E-state index in [1.807, 2.05) is 25.7 Å².